The third kappa shape index (κ3) is 10.6. The minimum absolute atomic E-state index is 0.270. The van der Waals surface area contributed by atoms with Crippen LogP contribution in [0.2, 0.25) is 0 Å². The lowest BCUT2D eigenvalue weighted by molar-refractivity contribution is -0.231. The summed E-state index contributed by atoms with van der Waals surface area (Å²) in [6.07, 6.45) is -9.17. The lowest BCUT2D eigenvalue weighted by Crippen LogP contribution is -2.60. The number of fused-ring (bicyclic) bond motifs is 2. The van der Waals surface area contributed by atoms with E-state index < -0.39 is 58.7 Å². The van der Waals surface area contributed by atoms with Gasteiger partial charge >= 0.3 is 12.4 Å². The standard InChI is InChI=1S/C25H28F4N2O.C24H26F4N2O/c1-23(2,20-14-18(26)10-11-22(20)32-5)16-24(31(3)4,25(27,28)29)15-17-12-13-30-21-9-7-6-8-19(17)21;1-15-11-16(18-7-5-6-8-20(18)30-15)13-23(29,24(26,27)28)14-22(2,3)19-12-17(25)9-10-21(19)31-4/h6-14H,15-16H2,1-5H3;5-12H,13-14,29H2,1-4H3. The van der Waals surface area contributed by atoms with Crippen LogP contribution >= 0.6 is 0 Å². The van der Waals surface area contributed by atoms with Crippen molar-refractivity contribution >= 4 is 21.8 Å². The van der Waals surface area contributed by atoms with Gasteiger partial charge in [-0.2, -0.15) is 26.3 Å². The molecular formula is C49H54F8N4O2. The van der Waals surface area contributed by atoms with Crippen molar-refractivity contribution in [2.75, 3.05) is 28.3 Å². The summed E-state index contributed by atoms with van der Waals surface area (Å²) in [6.45, 7) is 8.36. The molecule has 0 spiro atoms. The van der Waals surface area contributed by atoms with E-state index in [9.17, 15) is 35.1 Å². The van der Waals surface area contributed by atoms with Crippen LogP contribution in [0.5, 0.6) is 11.5 Å². The zero-order chi connectivity index (χ0) is 46.8. The fourth-order valence-corrected chi connectivity index (χ4v) is 8.73. The number of benzene rings is 4. The van der Waals surface area contributed by atoms with Crippen molar-refractivity contribution in [2.24, 2.45) is 5.73 Å². The molecule has 0 amide bonds. The van der Waals surface area contributed by atoms with Gasteiger partial charge in [0.05, 0.1) is 25.3 Å². The minimum atomic E-state index is -4.69. The number of nitrogens with two attached hydrogens (primary N) is 1. The summed E-state index contributed by atoms with van der Waals surface area (Å²) in [7, 11) is 5.71. The molecule has 4 aromatic carbocycles. The number of methoxy groups -OCH3 is 2. The molecule has 0 bridgehead atoms. The summed E-state index contributed by atoms with van der Waals surface area (Å²) in [4.78, 5) is 9.92. The molecule has 0 fully saturated rings. The molecule has 2 aromatic heterocycles. The molecule has 63 heavy (non-hydrogen) atoms. The largest absolute Gasteiger partial charge is 0.496 e. The van der Waals surface area contributed by atoms with Crippen molar-refractivity contribution in [1.82, 2.24) is 14.9 Å². The summed E-state index contributed by atoms with van der Waals surface area (Å²) in [5.74, 6) is -0.382. The van der Waals surface area contributed by atoms with Crippen molar-refractivity contribution in [2.45, 2.75) is 94.6 Å². The molecule has 2 atom stereocenters. The monoisotopic (exact) mass is 882 g/mol. The van der Waals surface area contributed by atoms with Crippen LogP contribution in [0, 0.1) is 18.6 Å². The zero-order valence-electron chi connectivity index (χ0n) is 36.9. The van der Waals surface area contributed by atoms with Crippen LogP contribution in [0.25, 0.3) is 21.8 Å². The normalized spacial score (nSPS) is 14.5. The average Bonchev–Trinajstić information content (AvgIpc) is 3.19. The fourth-order valence-electron chi connectivity index (χ4n) is 8.73. The van der Waals surface area contributed by atoms with Gasteiger partial charge in [-0.25, -0.2) is 8.78 Å². The van der Waals surface area contributed by atoms with Crippen LogP contribution in [0.1, 0.15) is 68.5 Å². The van der Waals surface area contributed by atoms with Gasteiger partial charge in [0.25, 0.3) is 0 Å². The number of aromatic nitrogens is 2. The van der Waals surface area contributed by atoms with E-state index in [1.165, 1.54) is 75.8 Å². The molecular weight excluding hydrogens is 829 g/mol. The van der Waals surface area contributed by atoms with Crippen molar-refractivity contribution in [3.05, 3.63) is 143 Å². The molecule has 6 aromatic rings. The number of hydrogen-bond acceptors (Lipinski definition) is 6. The van der Waals surface area contributed by atoms with E-state index in [1.807, 2.05) is 0 Å². The van der Waals surface area contributed by atoms with Crippen molar-refractivity contribution < 1.29 is 44.6 Å². The molecule has 0 saturated heterocycles. The lowest BCUT2D eigenvalue weighted by Gasteiger charge is -2.46. The minimum Gasteiger partial charge on any atom is -0.496 e. The lowest BCUT2D eigenvalue weighted by atomic mass is 9.70. The van der Waals surface area contributed by atoms with E-state index in [-0.39, 0.29) is 12.8 Å². The Morgan fingerprint density at radius 3 is 1.59 bits per heavy atom. The first-order chi connectivity index (χ1) is 29.3. The third-order valence-corrected chi connectivity index (χ3v) is 11.9. The Morgan fingerprint density at radius 1 is 0.603 bits per heavy atom. The van der Waals surface area contributed by atoms with Gasteiger partial charge in [0.2, 0.25) is 0 Å². The molecule has 6 nitrogen and oxygen atoms in total. The average molecular weight is 883 g/mol. The van der Waals surface area contributed by atoms with Gasteiger partial charge in [-0.3, -0.25) is 14.9 Å². The second kappa shape index (κ2) is 18.4. The molecule has 0 aliphatic carbocycles. The van der Waals surface area contributed by atoms with Crippen molar-refractivity contribution in [1.29, 1.82) is 0 Å². The number of hydrogen-bond donors (Lipinski definition) is 1. The maximum Gasteiger partial charge on any atom is 0.407 e. The van der Waals surface area contributed by atoms with Crippen LogP contribution in [0.3, 0.4) is 0 Å². The molecule has 0 aliphatic heterocycles. The highest BCUT2D eigenvalue weighted by atomic mass is 19.4. The van der Waals surface area contributed by atoms with Crippen LogP contribution in [-0.4, -0.2) is 66.6 Å². The smallest absolute Gasteiger partial charge is 0.407 e. The van der Waals surface area contributed by atoms with E-state index in [2.05, 4.69) is 9.97 Å². The first-order valence-electron chi connectivity index (χ1n) is 20.2. The first kappa shape index (κ1) is 48.7. The van der Waals surface area contributed by atoms with Gasteiger partial charge in [0.1, 0.15) is 34.2 Å². The van der Waals surface area contributed by atoms with E-state index >= 15 is 0 Å². The van der Waals surface area contributed by atoms with Gasteiger partial charge in [0, 0.05) is 40.2 Å². The Kier molecular flexibility index (Phi) is 14.2. The topological polar surface area (TPSA) is 73.5 Å². The van der Waals surface area contributed by atoms with Crippen molar-refractivity contribution in [3.8, 4) is 11.5 Å². The molecule has 0 radical (unpaired) electrons. The summed E-state index contributed by atoms with van der Waals surface area (Å²) in [5, 5.41) is 1.32. The fraction of sp³-hybridized carbons (Fsp3) is 0.388. The van der Waals surface area contributed by atoms with Crippen molar-refractivity contribution in [3.63, 3.8) is 0 Å². The maximum absolute atomic E-state index is 14.9. The number of aryl methyl sites for hydroxylation is 1. The maximum atomic E-state index is 14.9. The Morgan fingerprint density at radius 2 is 1.10 bits per heavy atom. The number of pyridine rings is 2. The summed E-state index contributed by atoms with van der Waals surface area (Å²) >= 11 is 0. The van der Waals surface area contributed by atoms with Crippen LogP contribution < -0.4 is 15.2 Å². The Bertz CT molecular complexity index is 2530. The Hall–Kier alpha value is -5.34. The SMILES string of the molecule is COc1ccc(F)cc1C(C)(C)CC(Cc1ccnc2ccccc12)(N(C)C)C(F)(F)F.COc1ccc(F)cc1C(C)(C)CC(N)(Cc1cc(C)nc2ccccc12)C(F)(F)F. The molecule has 14 heteroatoms. The summed E-state index contributed by atoms with van der Waals surface area (Å²) in [6, 6.07) is 25.3. The van der Waals surface area contributed by atoms with E-state index in [1.54, 1.807) is 95.3 Å². The molecule has 0 aliphatic rings. The predicted molar refractivity (Wildman–Crippen MR) is 232 cm³/mol. The van der Waals surface area contributed by atoms with Crippen LogP contribution in [0.15, 0.2) is 103 Å². The number of ether oxygens (including phenoxy) is 2. The number of para-hydroxylation sites is 2. The van der Waals surface area contributed by atoms with E-state index in [4.69, 9.17) is 15.2 Å². The first-order valence-corrected chi connectivity index (χ1v) is 20.2. The van der Waals surface area contributed by atoms with Gasteiger partial charge in [-0.1, -0.05) is 64.1 Å². The number of nitrogens with zero attached hydrogens (tertiary/aromatic N) is 3. The molecule has 0 saturated carbocycles. The Balaban J connectivity index is 0.000000238. The highest BCUT2D eigenvalue weighted by Crippen LogP contribution is 2.48. The number of alkyl halides is 6. The molecule has 6 rings (SSSR count). The highest BCUT2D eigenvalue weighted by Gasteiger charge is 2.59. The highest BCUT2D eigenvalue weighted by molar-refractivity contribution is 5.83. The third-order valence-electron chi connectivity index (χ3n) is 11.9. The second-order valence-corrected chi connectivity index (χ2v) is 17.7. The molecule has 338 valence electrons. The van der Waals surface area contributed by atoms with Crippen LogP contribution in [-0.2, 0) is 23.7 Å². The number of likely N-dealkylation sites (N-methyl/N-ethyl adjacent to an activating group) is 1. The van der Waals surface area contributed by atoms with Gasteiger partial charge in [0.15, 0.2) is 0 Å². The number of halogens is 8. The quantitative estimate of drug-likeness (QED) is 0.117. The van der Waals surface area contributed by atoms with Gasteiger partial charge in [-0.05, 0) is 123 Å². The van der Waals surface area contributed by atoms with E-state index in [0.717, 1.165) is 0 Å². The van der Waals surface area contributed by atoms with E-state index in [0.29, 0.717) is 61.3 Å². The Labute approximate surface area is 363 Å². The zero-order valence-corrected chi connectivity index (χ0v) is 36.9. The number of rotatable bonds is 13. The van der Waals surface area contributed by atoms with Gasteiger partial charge < -0.3 is 15.2 Å². The molecule has 2 heterocycles. The van der Waals surface area contributed by atoms with Gasteiger partial charge in [-0.15, -0.1) is 0 Å². The van der Waals surface area contributed by atoms with Crippen LogP contribution in [0.4, 0.5) is 35.1 Å². The molecule has 2 N–H and O–H groups in total. The summed E-state index contributed by atoms with van der Waals surface area (Å²) in [5.41, 5.74) is 2.85. The second-order valence-electron chi connectivity index (χ2n) is 17.7. The summed E-state index contributed by atoms with van der Waals surface area (Å²) < 4.78 is 126. The predicted octanol–water partition coefficient (Wildman–Crippen LogP) is 12.0. The molecule has 2 unspecified atom stereocenters.